The number of anilines is 1. The van der Waals surface area contributed by atoms with Gasteiger partial charge in [-0.05, 0) is 18.6 Å². The Kier molecular flexibility index (Phi) is 13.6. The number of likely N-dealkylation sites (N-methyl/N-ethyl adjacent to an activating group) is 2. The van der Waals surface area contributed by atoms with Gasteiger partial charge in [0.2, 0.25) is 11.8 Å². The Labute approximate surface area is 198 Å². The van der Waals surface area contributed by atoms with Crippen molar-refractivity contribution in [2.24, 2.45) is 0 Å². The van der Waals surface area contributed by atoms with E-state index < -0.39 is 23.8 Å². The van der Waals surface area contributed by atoms with Crippen LogP contribution >= 0.6 is 0 Å². The van der Waals surface area contributed by atoms with E-state index in [2.05, 4.69) is 10.6 Å². The standard InChI is InChI=1S/C23H31N3O8/c1-24-22(31)20(8-4-10-27)26(2)23(32)17-6-3-7-19(18(17)16-29)25-21(30)9-13-34-15-14-33-12-5-11-28/h3,6-7,10-11,16,20H,4-5,8-9,12-15H2,1-2H3,(H,24,31)(H,25,30). The van der Waals surface area contributed by atoms with E-state index >= 15 is 0 Å². The molecule has 1 unspecified atom stereocenters. The third-order valence-electron chi connectivity index (χ3n) is 4.85. The summed E-state index contributed by atoms with van der Waals surface area (Å²) >= 11 is 0. The highest BCUT2D eigenvalue weighted by atomic mass is 16.5. The number of carbonyl (C=O) groups is 6. The molecule has 1 rings (SSSR count). The summed E-state index contributed by atoms with van der Waals surface area (Å²) in [4.78, 5) is 71.4. The van der Waals surface area contributed by atoms with Gasteiger partial charge in [-0.3, -0.25) is 19.2 Å². The Bertz CT molecular complexity index is 859. The van der Waals surface area contributed by atoms with Gasteiger partial charge in [0.15, 0.2) is 6.29 Å². The molecule has 11 nitrogen and oxygen atoms in total. The first-order valence-electron chi connectivity index (χ1n) is 10.8. The fraction of sp³-hybridized carbons (Fsp3) is 0.478. The monoisotopic (exact) mass is 477 g/mol. The average Bonchev–Trinajstić information content (AvgIpc) is 2.84. The molecular weight excluding hydrogens is 446 g/mol. The van der Waals surface area contributed by atoms with Gasteiger partial charge in [-0.1, -0.05) is 6.07 Å². The van der Waals surface area contributed by atoms with Crippen molar-refractivity contribution in [3.05, 3.63) is 29.3 Å². The molecule has 0 radical (unpaired) electrons. The number of nitrogens with zero attached hydrogens (tertiary/aromatic N) is 1. The van der Waals surface area contributed by atoms with Gasteiger partial charge in [0.05, 0.1) is 49.7 Å². The van der Waals surface area contributed by atoms with Crippen molar-refractivity contribution in [2.45, 2.75) is 31.7 Å². The van der Waals surface area contributed by atoms with Crippen LogP contribution in [0.1, 0.15) is 46.4 Å². The second-order valence-corrected chi connectivity index (χ2v) is 7.15. The lowest BCUT2D eigenvalue weighted by atomic mass is 10.0. The van der Waals surface area contributed by atoms with Gasteiger partial charge in [0, 0.05) is 26.9 Å². The van der Waals surface area contributed by atoms with Gasteiger partial charge in [0.25, 0.3) is 5.91 Å². The first kappa shape index (κ1) is 28.6. The van der Waals surface area contributed by atoms with E-state index in [0.29, 0.717) is 32.2 Å². The Morgan fingerprint density at radius 1 is 1.00 bits per heavy atom. The van der Waals surface area contributed by atoms with Crippen molar-refractivity contribution in [2.75, 3.05) is 45.8 Å². The summed E-state index contributed by atoms with van der Waals surface area (Å²) in [5, 5.41) is 5.05. The van der Waals surface area contributed by atoms with Gasteiger partial charge in [0.1, 0.15) is 18.6 Å². The van der Waals surface area contributed by atoms with Crippen LogP contribution in [-0.2, 0) is 28.7 Å². The predicted molar refractivity (Wildman–Crippen MR) is 123 cm³/mol. The summed E-state index contributed by atoms with van der Waals surface area (Å²) in [6.45, 7) is 0.989. The second kappa shape index (κ2) is 16.2. The Hall–Kier alpha value is -3.44. The van der Waals surface area contributed by atoms with Gasteiger partial charge in [-0.25, -0.2) is 0 Å². The Morgan fingerprint density at radius 3 is 2.29 bits per heavy atom. The summed E-state index contributed by atoms with van der Waals surface area (Å²) in [6, 6.07) is 3.52. The zero-order valence-electron chi connectivity index (χ0n) is 19.4. The van der Waals surface area contributed by atoms with Crippen molar-refractivity contribution in [1.29, 1.82) is 0 Å². The molecule has 0 fully saturated rings. The Morgan fingerprint density at radius 2 is 1.68 bits per heavy atom. The minimum Gasteiger partial charge on any atom is -0.379 e. The fourth-order valence-electron chi connectivity index (χ4n) is 3.04. The summed E-state index contributed by atoms with van der Waals surface area (Å²) < 4.78 is 10.4. The van der Waals surface area contributed by atoms with Crippen LogP contribution in [0.5, 0.6) is 0 Å². The topological polar surface area (TPSA) is 148 Å². The molecule has 0 saturated heterocycles. The highest BCUT2D eigenvalue weighted by molar-refractivity contribution is 6.07. The first-order valence-corrected chi connectivity index (χ1v) is 10.8. The maximum absolute atomic E-state index is 13.1. The van der Waals surface area contributed by atoms with Crippen molar-refractivity contribution in [1.82, 2.24) is 10.2 Å². The molecule has 0 aliphatic heterocycles. The average molecular weight is 478 g/mol. The van der Waals surface area contributed by atoms with E-state index in [9.17, 15) is 28.8 Å². The minimum atomic E-state index is -0.903. The molecule has 0 spiro atoms. The molecule has 0 aliphatic carbocycles. The van der Waals surface area contributed by atoms with Gasteiger partial charge < -0.3 is 34.6 Å². The molecule has 0 aromatic heterocycles. The third kappa shape index (κ3) is 9.20. The zero-order chi connectivity index (χ0) is 25.3. The lowest BCUT2D eigenvalue weighted by Crippen LogP contribution is -2.47. The number of hydrogen-bond acceptors (Lipinski definition) is 8. The van der Waals surface area contributed by atoms with Gasteiger partial charge in [-0.2, -0.15) is 0 Å². The first-order chi connectivity index (χ1) is 16.4. The van der Waals surface area contributed by atoms with E-state index in [4.69, 9.17) is 9.47 Å². The maximum atomic E-state index is 13.1. The highest BCUT2D eigenvalue weighted by Crippen LogP contribution is 2.21. The van der Waals surface area contributed by atoms with Crippen LogP contribution in [0.15, 0.2) is 18.2 Å². The van der Waals surface area contributed by atoms with Crippen LogP contribution in [0.3, 0.4) is 0 Å². The van der Waals surface area contributed by atoms with E-state index in [1.54, 1.807) is 0 Å². The summed E-state index contributed by atoms with van der Waals surface area (Å²) in [5.74, 6) is -1.46. The molecule has 1 aromatic rings. The van der Waals surface area contributed by atoms with E-state index in [1.807, 2.05) is 0 Å². The lowest BCUT2D eigenvalue weighted by Gasteiger charge is -2.27. The van der Waals surface area contributed by atoms with Crippen molar-refractivity contribution in [3.8, 4) is 0 Å². The van der Waals surface area contributed by atoms with Crippen LogP contribution in [0, 0.1) is 0 Å². The molecule has 1 aromatic carbocycles. The summed E-state index contributed by atoms with van der Waals surface area (Å²) in [6.07, 6.45) is 2.40. The normalized spacial score (nSPS) is 11.2. The SMILES string of the molecule is CNC(=O)C(CCC=O)N(C)C(=O)c1cccc(NC(=O)CCOCCOCCC=O)c1C=O. The molecule has 1 atom stereocenters. The van der Waals surface area contributed by atoms with Crippen molar-refractivity contribution >= 4 is 42.3 Å². The number of ether oxygens (including phenoxy) is 2. The van der Waals surface area contributed by atoms with E-state index in [1.165, 1.54) is 37.2 Å². The molecule has 0 aliphatic rings. The summed E-state index contributed by atoms with van der Waals surface area (Å²) in [5.41, 5.74) is 0.142. The largest absolute Gasteiger partial charge is 0.379 e. The number of carbonyl (C=O) groups excluding carboxylic acids is 6. The van der Waals surface area contributed by atoms with Crippen LogP contribution in [0.2, 0.25) is 0 Å². The van der Waals surface area contributed by atoms with Crippen LogP contribution < -0.4 is 10.6 Å². The molecule has 34 heavy (non-hydrogen) atoms. The molecule has 11 heteroatoms. The number of rotatable bonds is 17. The number of hydrogen-bond donors (Lipinski definition) is 2. The second-order valence-electron chi connectivity index (χ2n) is 7.15. The van der Waals surface area contributed by atoms with E-state index in [-0.39, 0.29) is 49.3 Å². The minimum absolute atomic E-state index is 0.00908. The summed E-state index contributed by atoms with van der Waals surface area (Å²) in [7, 11) is 2.83. The van der Waals surface area contributed by atoms with Crippen LogP contribution in [0.4, 0.5) is 5.69 Å². The zero-order valence-corrected chi connectivity index (χ0v) is 19.4. The molecule has 186 valence electrons. The number of aldehydes is 3. The van der Waals surface area contributed by atoms with Gasteiger partial charge >= 0.3 is 0 Å². The number of benzene rings is 1. The molecule has 0 bridgehead atoms. The predicted octanol–water partition coefficient (Wildman–Crippen LogP) is 0.616. The molecule has 2 N–H and O–H groups in total. The van der Waals surface area contributed by atoms with Gasteiger partial charge in [-0.15, -0.1) is 0 Å². The Balaban J connectivity index is 2.80. The molecule has 0 saturated carbocycles. The highest BCUT2D eigenvalue weighted by Gasteiger charge is 2.28. The third-order valence-corrected chi connectivity index (χ3v) is 4.85. The smallest absolute Gasteiger partial charge is 0.255 e. The fourth-order valence-corrected chi connectivity index (χ4v) is 3.04. The molecular formula is C23H31N3O8. The van der Waals surface area contributed by atoms with Crippen LogP contribution in [-0.4, -0.2) is 88.0 Å². The quantitative estimate of drug-likeness (QED) is 0.245. The van der Waals surface area contributed by atoms with Crippen LogP contribution in [0.25, 0.3) is 0 Å². The van der Waals surface area contributed by atoms with Crippen molar-refractivity contribution < 1.29 is 38.2 Å². The maximum Gasteiger partial charge on any atom is 0.255 e. The molecule has 0 heterocycles. The number of nitrogens with one attached hydrogen (secondary N) is 2. The number of amides is 3. The molecule has 3 amide bonds. The van der Waals surface area contributed by atoms with Crippen molar-refractivity contribution in [3.63, 3.8) is 0 Å². The lowest BCUT2D eigenvalue weighted by molar-refractivity contribution is -0.125. The van der Waals surface area contributed by atoms with E-state index in [0.717, 1.165) is 6.29 Å².